The van der Waals surface area contributed by atoms with E-state index in [2.05, 4.69) is 57.0 Å². The predicted octanol–water partition coefficient (Wildman–Crippen LogP) is 4.66. The van der Waals surface area contributed by atoms with Crippen molar-refractivity contribution in [3.8, 4) is 10.6 Å². The normalized spacial score (nSPS) is 11.4. The molecule has 0 saturated heterocycles. The van der Waals surface area contributed by atoms with Crippen LogP contribution in [0.4, 0.5) is 0 Å². The quantitative estimate of drug-likeness (QED) is 0.675. The molecule has 1 aromatic carbocycles. The van der Waals surface area contributed by atoms with Crippen molar-refractivity contribution < 1.29 is 4.79 Å². The molecular formula is C21H31N3OS. The van der Waals surface area contributed by atoms with Gasteiger partial charge in [-0.3, -0.25) is 4.79 Å². The number of hydrogen-bond acceptors (Lipinski definition) is 4. The Morgan fingerprint density at radius 3 is 2.54 bits per heavy atom. The molecule has 0 fully saturated rings. The zero-order chi connectivity index (χ0) is 19.3. The lowest BCUT2D eigenvalue weighted by Gasteiger charge is -2.23. The number of rotatable bonds is 8. The third-order valence-corrected chi connectivity index (χ3v) is 5.95. The van der Waals surface area contributed by atoms with Crippen LogP contribution in [-0.2, 0) is 0 Å². The van der Waals surface area contributed by atoms with Gasteiger partial charge in [-0.15, -0.1) is 11.3 Å². The summed E-state index contributed by atoms with van der Waals surface area (Å²) < 4.78 is 0. The molecule has 1 heterocycles. The first-order valence-corrected chi connectivity index (χ1v) is 10.2. The summed E-state index contributed by atoms with van der Waals surface area (Å²) in [5, 5.41) is 0.926. The van der Waals surface area contributed by atoms with E-state index in [1.165, 1.54) is 16.9 Å². The lowest BCUT2D eigenvalue weighted by atomic mass is 10.0. The van der Waals surface area contributed by atoms with E-state index in [4.69, 9.17) is 4.98 Å². The molecule has 0 aliphatic rings. The van der Waals surface area contributed by atoms with E-state index >= 15 is 0 Å². The molecule has 0 bridgehead atoms. The van der Waals surface area contributed by atoms with E-state index in [-0.39, 0.29) is 5.91 Å². The second kappa shape index (κ2) is 9.28. The lowest BCUT2D eigenvalue weighted by molar-refractivity contribution is 0.0755. The van der Waals surface area contributed by atoms with Crippen LogP contribution in [0.3, 0.4) is 0 Å². The molecule has 0 spiro atoms. The van der Waals surface area contributed by atoms with E-state index in [0.717, 1.165) is 40.8 Å². The molecule has 2 aromatic rings. The van der Waals surface area contributed by atoms with Gasteiger partial charge < -0.3 is 9.80 Å². The highest BCUT2D eigenvalue weighted by molar-refractivity contribution is 7.17. The number of hydrogen-bond donors (Lipinski definition) is 0. The zero-order valence-corrected chi connectivity index (χ0v) is 17.7. The smallest absolute Gasteiger partial charge is 0.265 e. The third-order valence-electron chi connectivity index (χ3n) is 4.75. The second-order valence-corrected chi connectivity index (χ2v) is 7.99. The maximum Gasteiger partial charge on any atom is 0.265 e. The largest absolute Gasteiger partial charge is 0.337 e. The first-order chi connectivity index (χ1) is 12.4. The number of likely N-dealkylation sites (N-methyl/N-ethyl adjacent to an activating group) is 2. The van der Waals surface area contributed by atoms with Gasteiger partial charge in [0.1, 0.15) is 9.88 Å². The van der Waals surface area contributed by atoms with Gasteiger partial charge in [-0.1, -0.05) is 39.0 Å². The molecule has 5 heteroatoms. The van der Waals surface area contributed by atoms with Crippen LogP contribution in [0.2, 0.25) is 0 Å². The molecule has 2 rings (SSSR count). The van der Waals surface area contributed by atoms with Crippen molar-refractivity contribution in [3.63, 3.8) is 0 Å². The minimum atomic E-state index is 0.0956. The highest BCUT2D eigenvalue weighted by atomic mass is 32.1. The van der Waals surface area contributed by atoms with Crippen LogP contribution in [0.15, 0.2) is 24.3 Å². The van der Waals surface area contributed by atoms with Gasteiger partial charge in [-0.25, -0.2) is 4.98 Å². The van der Waals surface area contributed by atoms with Crippen molar-refractivity contribution in [2.45, 2.75) is 40.5 Å². The molecule has 1 aromatic heterocycles. The monoisotopic (exact) mass is 373 g/mol. The van der Waals surface area contributed by atoms with Crippen molar-refractivity contribution in [3.05, 3.63) is 40.4 Å². The topological polar surface area (TPSA) is 36.4 Å². The van der Waals surface area contributed by atoms with Crippen molar-refractivity contribution in [1.82, 2.24) is 14.8 Å². The maximum absolute atomic E-state index is 13.0. The van der Waals surface area contributed by atoms with Gasteiger partial charge in [0.25, 0.3) is 5.91 Å². The molecule has 0 N–H and O–H groups in total. The zero-order valence-electron chi connectivity index (χ0n) is 16.9. The first-order valence-electron chi connectivity index (χ1n) is 9.42. The molecule has 26 heavy (non-hydrogen) atoms. The summed E-state index contributed by atoms with van der Waals surface area (Å²) in [6.07, 6.45) is 0. The number of aryl methyl sites for hydroxylation is 1. The fraction of sp³-hybridized carbons (Fsp3) is 0.524. The van der Waals surface area contributed by atoms with E-state index in [1.807, 2.05) is 18.7 Å². The Labute approximate surface area is 161 Å². The number of carbonyl (C=O) groups is 1. The Morgan fingerprint density at radius 2 is 1.92 bits per heavy atom. The number of amides is 1. The molecule has 0 saturated carbocycles. The number of thiazole rings is 1. The fourth-order valence-electron chi connectivity index (χ4n) is 2.75. The number of nitrogens with zero attached hydrogens (tertiary/aromatic N) is 3. The van der Waals surface area contributed by atoms with Crippen molar-refractivity contribution in [1.29, 1.82) is 0 Å². The minimum absolute atomic E-state index is 0.0956. The Balaban J connectivity index is 2.23. The molecule has 1 amide bonds. The molecule has 0 atom stereocenters. The highest BCUT2D eigenvalue weighted by Crippen LogP contribution is 2.30. The summed E-state index contributed by atoms with van der Waals surface area (Å²) >= 11 is 1.51. The van der Waals surface area contributed by atoms with Crippen molar-refractivity contribution in [2.24, 2.45) is 0 Å². The fourth-order valence-corrected chi connectivity index (χ4v) is 3.78. The van der Waals surface area contributed by atoms with Crippen molar-refractivity contribution >= 4 is 17.2 Å². The van der Waals surface area contributed by atoms with Gasteiger partial charge in [0.15, 0.2) is 0 Å². The van der Waals surface area contributed by atoms with Gasteiger partial charge in [0, 0.05) is 25.2 Å². The van der Waals surface area contributed by atoms with Gasteiger partial charge in [-0.2, -0.15) is 0 Å². The minimum Gasteiger partial charge on any atom is -0.337 e. The Bertz CT molecular complexity index is 739. The first kappa shape index (κ1) is 20.6. The summed E-state index contributed by atoms with van der Waals surface area (Å²) in [6.45, 7) is 13.8. The van der Waals surface area contributed by atoms with Gasteiger partial charge in [0.05, 0.1) is 5.69 Å². The molecule has 4 nitrogen and oxygen atoms in total. The van der Waals surface area contributed by atoms with Crippen molar-refractivity contribution in [2.75, 3.05) is 33.2 Å². The molecular weight excluding hydrogens is 342 g/mol. The summed E-state index contributed by atoms with van der Waals surface area (Å²) in [6, 6.07) is 8.47. The van der Waals surface area contributed by atoms with Crippen LogP contribution in [-0.4, -0.2) is 53.9 Å². The van der Waals surface area contributed by atoms with Gasteiger partial charge in [-0.05, 0) is 45.0 Å². The average molecular weight is 374 g/mol. The molecule has 0 radical (unpaired) electrons. The van der Waals surface area contributed by atoms with Gasteiger partial charge >= 0.3 is 0 Å². The van der Waals surface area contributed by atoms with Crippen LogP contribution in [0.25, 0.3) is 10.6 Å². The summed E-state index contributed by atoms with van der Waals surface area (Å²) in [5.41, 5.74) is 3.21. The van der Waals surface area contributed by atoms with Crippen LogP contribution in [0.1, 0.15) is 54.5 Å². The standard InChI is InChI=1S/C21H31N3OS/c1-7-23(6)12-13-24(8-2)21(25)19-16(5)22-20(26-19)18-11-9-10-17(14-18)15(3)4/h9-11,14-15H,7-8,12-13H2,1-6H3. The van der Waals surface area contributed by atoms with Crippen LogP contribution in [0.5, 0.6) is 0 Å². The molecule has 0 unspecified atom stereocenters. The summed E-state index contributed by atoms with van der Waals surface area (Å²) in [5.74, 6) is 0.571. The lowest BCUT2D eigenvalue weighted by Crippen LogP contribution is -2.37. The van der Waals surface area contributed by atoms with Crippen LogP contribution >= 0.6 is 11.3 Å². The average Bonchev–Trinajstić information content (AvgIpc) is 3.03. The second-order valence-electron chi connectivity index (χ2n) is 6.99. The van der Waals surface area contributed by atoms with Crippen LogP contribution < -0.4 is 0 Å². The molecule has 142 valence electrons. The summed E-state index contributed by atoms with van der Waals surface area (Å²) in [7, 11) is 2.08. The number of benzene rings is 1. The van der Waals surface area contributed by atoms with E-state index < -0.39 is 0 Å². The predicted molar refractivity (Wildman–Crippen MR) is 111 cm³/mol. The van der Waals surface area contributed by atoms with E-state index in [0.29, 0.717) is 12.5 Å². The summed E-state index contributed by atoms with van der Waals surface area (Å²) in [4.78, 5) is 22.6. The number of aromatic nitrogens is 1. The van der Waals surface area contributed by atoms with Gasteiger partial charge in [0.2, 0.25) is 0 Å². The van der Waals surface area contributed by atoms with E-state index in [1.54, 1.807) is 0 Å². The van der Waals surface area contributed by atoms with Crippen LogP contribution in [0, 0.1) is 6.92 Å². The SMILES string of the molecule is CCN(C)CCN(CC)C(=O)c1sc(-c2cccc(C(C)C)c2)nc1C. The Kier molecular flexibility index (Phi) is 7.35. The highest BCUT2D eigenvalue weighted by Gasteiger charge is 2.21. The third kappa shape index (κ3) is 4.92. The van der Waals surface area contributed by atoms with E-state index in [9.17, 15) is 4.79 Å². The maximum atomic E-state index is 13.0. The molecule has 0 aliphatic carbocycles. The number of carbonyl (C=O) groups excluding carboxylic acids is 1. The Hall–Kier alpha value is -1.72. The molecule has 0 aliphatic heterocycles. The Morgan fingerprint density at radius 1 is 1.19 bits per heavy atom.